The van der Waals surface area contributed by atoms with Gasteiger partial charge in [0.1, 0.15) is 0 Å². The van der Waals surface area contributed by atoms with Crippen LogP contribution in [0.3, 0.4) is 0 Å². The van der Waals surface area contributed by atoms with Crippen molar-refractivity contribution in [3.63, 3.8) is 0 Å². The molecular weight excluding hydrogens is 346 g/mol. The lowest BCUT2D eigenvalue weighted by molar-refractivity contribution is 0.158. The minimum Gasteiger partial charge on any atom is -0.367 e. The van der Waals surface area contributed by atoms with Crippen LogP contribution >= 0.6 is 0 Å². The number of aromatic nitrogens is 2. The van der Waals surface area contributed by atoms with E-state index < -0.39 is 0 Å². The fourth-order valence-electron chi connectivity index (χ4n) is 3.51. The van der Waals surface area contributed by atoms with Crippen LogP contribution in [0.5, 0.6) is 0 Å². The molecule has 2 heterocycles. The van der Waals surface area contributed by atoms with Crippen molar-refractivity contribution in [1.82, 2.24) is 20.0 Å². The van der Waals surface area contributed by atoms with Crippen molar-refractivity contribution < 1.29 is 0 Å². The molecule has 1 N–H and O–H groups in total. The third-order valence-corrected chi connectivity index (χ3v) is 5.26. The molecular formula is C23H27N5. The molecule has 1 aliphatic rings. The second-order valence-corrected chi connectivity index (χ2v) is 7.30. The van der Waals surface area contributed by atoms with Crippen LogP contribution in [0, 0.1) is 0 Å². The molecule has 0 saturated carbocycles. The third-order valence-electron chi connectivity index (χ3n) is 5.26. The highest BCUT2D eigenvalue weighted by Gasteiger charge is 2.14. The zero-order valence-electron chi connectivity index (χ0n) is 16.4. The number of piperazine rings is 1. The predicted octanol–water partition coefficient (Wildman–Crippen LogP) is 3.47. The van der Waals surface area contributed by atoms with Crippen molar-refractivity contribution >= 4 is 5.82 Å². The third kappa shape index (κ3) is 4.55. The number of benzene rings is 2. The summed E-state index contributed by atoms with van der Waals surface area (Å²) in [6.45, 7) is 6.42. The Bertz CT molecular complexity index is 874. The zero-order valence-corrected chi connectivity index (χ0v) is 16.4. The van der Waals surface area contributed by atoms with Crippen LogP contribution in [0.2, 0.25) is 0 Å². The van der Waals surface area contributed by atoms with Gasteiger partial charge in [0.25, 0.3) is 0 Å². The molecule has 0 radical (unpaired) electrons. The first kappa shape index (κ1) is 18.6. The first-order valence-electron chi connectivity index (χ1n) is 9.93. The predicted molar refractivity (Wildman–Crippen MR) is 115 cm³/mol. The maximum Gasteiger partial charge on any atom is 0.156 e. The van der Waals surface area contributed by atoms with E-state index in [1.807, 2.05) is 24.3 Å². The normalized spacial score (nSPS) is 15.5. The Morgan fingerprint density at radius 2 is 1.46 bits per heavy atom. The number of anilines is 1. The molecule has 144 valence electrons. The second kappa shape index (κ2) is 8.95. The van der Waals surface area contributed by atoms with E-state index in [-0.39, 0.29) is 0 Å². The highest BCUT2D eigenvalue weighted by Crippen LogP contribution is 2.29. The number of rotatable bonds is 6. The van der Waals surface area contributed by atoms with E-state index in [4.69, 9.17) is 0 Å². The van der Waals surface area contributed by atoms with E-state index in [0.717, 1.165) is 67.5 Å². The number of nitrogens with zero attached hydrogens (tertiary/aromatic N) is 4. The monoisotopic (exact) mass is 373 g/mol. The molecule has 2 aromatic carbocycles. The zero-order chi connectivity index (χ0) is 19.2. The number of likely N-dealkylation sites (N-methyl/N-ethyl adjacent to an activating group) is 1. The maximum absolute atomic E-state index is 4.54. The average Bonchev–Trinajstić information content (AvgIpc) is 2.76. The van der Waals surface area contributed by atoms with Crippen molar-refractivity contribution in [2.75, 3.05) is 51.6 Å². The molecule has 0 atom stereocenters. The Kier molecular flexibility index (Phi) is 5.95. The van der Waals surface area contributed by atoms with E-state index in [1.54, 1.807) is 0 Å². The van der Waals surface area contributed by atoms with Gasteiger partial charge in [-0.1, -0.05) is 60.7 Å². The van der Waals surface area contributed by atoms with Crippen molar-refractivity contribution in [2.45, 2.75) is 0 Å². The van der Waals surface area contributed by atoms with Gasteiger partial charge in [-0.2, -0.15) is 0 Å². The molecule has 0 bridgehead atoms. The van der Waals surface area contributed by atoms with Crippen LogP contribution in [-0.4, -0.2) is 66.3 Å². The van der Waals surface area contributed by atoms with Crippen molar-refractivity contribution in [2.24, 2.45) is 0 Å². The summed E-state index contributed by atoms with van der Waals surface area (Å²) in [4.78, 5) is 4.88. The molecule has 28 heavy (non-hydrogen) atoms. The number of hydrogen-bond acceptors (Lipinski definition) is 5. The van der Waals surface area contributed by atoms with Crippen LogP contribution in [-0.2, 0) is 0 Å². The summed E-state index contributed by atoms with van der Waals surface area (Å²) in [5.41, 5.74) is 4.21. The lowest BCUT2D eigenvalue weighted by Crippen LogP contribution is -2.45. The molecule has 4 rings (SSSR count). The fraction of sp³-hybridized carbons (Fsp3) is 0.304. The SMILES string of the molecule is CN1CCN(CCNc2nnc(-c3ccccc3)cc2-c2ccccc2)CC1. The molecule has 1 fully saturated rings. The summed E-state index contributed by atoms with van der Waals surface area (Å²) >= 11 is 0. The molecule has 1 aromatic heterocycles. The summed E-state index contributed by atoms with van der Waals surface area (Å²) in [6.07, 6.45) is 0. The van der Waals surface area contributed by atoms with E-state index in [1.165, 1.54) is 0 Å². The first-order valence-corrected chi connectivity index (χ1v) is 9.93. The molecule has 0 aliphatic carbocycles. The number of hydrogen-bond donors (Lipinski definition) is 1. The smallest absolute Gasteiger partial charge is 0.156 e. The Balaban J connectivity index is 1.52. The van der Waals surface area contributed by atoms with Crippen LogP contribution in [0.25, 0.3) is 22.4 Å². The highest BCUT2D eigenvalue weighted by atomic mass is 15.3. The lowest BCUT2D eigenvalue weighted by atomic mass is 10.0. The van der Waals surface area contributed by atoms with Gasteiger partial charge >= 0.3 is 0 Å². The molecule has 5 heteroatoms. The Labute approximate surface area is 167 Å². The molecule has 1 aliphatic heterocycles. The Hall–Kier alpha value is -2.76. The van der Waals surface area contributed by atoms with Gasteiger partial charge in [-0.25, -0.2) is 0 Å². The first-order chi connectivity index (χ1) is 13.8. The van der Waals surface area contributed by atoms with Crippen molar-refractivity contribution in [3.8, 4) is 22.4 Å². The molecule has 0 amide bonds. The van der Waals surface area contributed by atoms with Crippen LogP contribution in [0.15, 0.2) is 66.7 Å². The van der Waals surface area contributed by atoms with Crippen LogP contribution in [0.1, 0.15) is 0 Å². The quantitative estimate of drug-likeness (QED) is 0.717. The van der Waals surface area contributed by atoms with Crippen molar-refractivity contribution in [3.05, 3.63) is 66.7 Å². The Morgan fingerprint density at radius 3 is 2.14 bits per heavy atom. The summed E-state index contributed by atoms with van der Waals surface area (Å²) in [7, 11) is 2.19. The van der Waals surface area contributed by atoms with E-state index in [9.17, 15) is 0 Å². The topological polar surface area (TPSA) is 44.3 Å². The van der Waals surface area contributed by atoms with Gasteiger partial charge in [0.15, 0.2) is 5.82 Å². The van der Waals surface area contributed by atoms with Gasteiger partial charge in [0.2, 0.25) is 0 Å². The van der Waals surface area contributed by atoms with E-state index >= 15 is 0 Å². The van der Waals surface area contributed by atoms with Crippen molar-refractivity contribution in [1.29, 1.82) is 0 Å². The summed E-state index contributed by atoms with van der Waals surface area (Å²) < 4.78 is 0. The maximum atomic E-state index is 4.54. The van der Waals surface area contributed by atoms with Crippen LogP contribution in [0.4, 0.5) is 5.82 Å². The minimum atomic E-state index is 0.847. The number of nitrogens with one attached hydrogen (secondary N) is 1. The van der Waals surface area contributed by atoms with E-state index in [2.05, 4.69) is 74.8 Å². The van der Waals surface area contributed by atoms with Gasteiger partial charge in [0, 0.05) is 50.4 Å². The van der Waals surface area contributed by atoms with E-state index in [0.29, 0.717) is 0 Å². The second-order valence-electron chi connectivity index (χ2n) is 7.30. The standard InChI is InChI=1S/C23H27N5/c1-27-14-16-28(17-15-27)13-12-24-23-21(19-8-4-2-5-9-19)18-22(25-26-23)20-10-6-3-7-11-20/h2-11,18H,12-17H2,1H3,(H,24,26). The molecule has 3 aromatic rings. The highest BCUT2D eigenvalue weighted by molar-refractivity contribution is 5.78. The molecule has 0 unspecified atom stereocenters. The molecule has 1 saturated heterocycles. The summed E-state index contributed by atoms with van der Waals surface area (Å²) in [5, 5.41) is 12.5. The van der Waals surface area contributed by atoms with Crippen LogP contribution < -0.4 is 5.32 Å². The lowest BCUT2D eigenvalue weighted by Gasteiger charge is -2.32. The van der Waals surface area contributed by atoms with Gasteiger partial charge in [0.05, 0.1) is 5.69 Å². The van der Waals surface area contributed by atoms with Gasteiger partial charge < -0.3 is 10.2 Å². The fourth-order valence-corrected chi connectivity index (χ4v) is 3.51. The van der Waals surface area contributed by atoms with Gasteiger partial charge in [-0.15, -0.1) is 10.2 Å². The summed E-state index contributed by atoms with van der Waals surface area (Å²) in [6, 6.07) is 22.8. The average molecular weight is 374 g/mol. The minimum absolute atomic E-state index is 0.847. The largest absolute Gasteiger partial charge is 0.367 e. The molecule has 5 nitrogen and oxygen atoms in total. The van der Waals surface area contributed by atoms with Gasteiger partial charge in [-0.05, 0) is 18.7 Å². The summed E-state index contributed by atoms with van der Waals surface area (Å²) in [5.74, 6) is 0.847. The Morgan fingerprint density at radius 1 is 0.821 bits per heavy atom. The molecule has 0 spiro atoms. The van der Waals surface area contributed by atoms with Gasteiger partial charge in [-0.3, -0.25) is 4.90 Å².